The molecule has 12 heteroatoms. The molecule has 35 heavy (non-hydrogen) atoms. The number of ether oxygens (including phenoxy) is 3. The number of carboxylic acid groups (broad SMARTS) is 1. The van der Waals surface area contributed by atoms with Gasteiger partial charge in [0.15, 0.2) is 0 Å². The van der Waals surface area contributed by atoms with E-state index in [4.69, 9.17) is 4.74 Å². The monoisotopic (exact) mass is 491 g/mol. The summed E-state index contributed by atoms with van der Waals surface area (Å²) >= 11 is 0. The van der Waals surface area contributed by atoms with E-state index in [0.717, 1.165) is 5.56 Å². The molecule has 2 aliphatic rings. The number of carbonyl (C=O) groups is 5. The van der Waals surface area contributed by atoms with Crippen molar-refractivity contribution < 1.29 is 43.3 Å². The van der Waals surface area contributed by atoms with Crippen LogP contribution in [0.1, 0.15) is 12.5 Å². The molecule has 2 heterocycles. The molecule has 2 fully saturated rings. The zero-order valence-corrected chi connectivity index (χ0v) is 19.5. The van der Waals surface area contributed by atoms with Crippen LogP contribution in [0.5, 0.6) is 5.75 Å². The Balaban J connectivity index is 1.77. The van der Waals surface area contributed by atoms with Gasteiger partial charge in [0.1, 0.15) is 5.75 Å². The fourth-order valence-electron chi connectivity index (χ4n) is 4.11. The second-order valence-corrected chi connectivity index (χ2v) is 8.37. The van der Waals surface area contributed by atoms with Crippen LogP contribution in [0.2, 0.25) is 0 Å². The highest BCUT2D eigenvalue weighted by molar-refractivity contribution is 5.90. The zero-order valence-electron chi connectivity index (χ0n) is 19.5. The van der Waals surface area contributed by atoms with E-state index < -0.39 is 35.9 Å². The third kappa shape index (κ3) is 8.42. The molecule has 1 atom stereocenters. The summed E-state index contributed by atoms with van der Waals surface area (Å²) in [4.78, 5) is 63.4. The summed E-state index contributed by atoms with van der Waals surface area (Å²) in [5, 5.41) is 9.56. The molecule has 0 aromatic heterocycles. The minimum absolute atomic E-state index is 0.0668. The number of morpholine rings is 2. The van der Waals surface area contributed by atoms with Gasteiger partial charge < -0.3 is 19.3 Å². The predicted octanol–water partition coefficient (Wildman–Crippen LogP) is -0.846. The first kappa shape index (κ1) is 26.3. The van der Waals surface area contributed by atoms with Gasteiger partial charge in [0, 0.05) is 25.7 Å². The summed E-state index contributed by atoms with van der Waals surface area (Å²) in [5.41, 5.74) is 0.913. The lowest BCUT2D eigenvalue weighted by molar-refractivity contribution is -0.168. The largest absolute Gasteiger partial charge is 0.494 e. The van der Waals surface area contributed by atoms with Gasteiger partial charge in [-0.3, -0.25) is 38.7 Å². The van der Waals surface area contributed by atoms with Gasteiger partial charge in [-0.05, 0) is 31.0 Å². The van der Waals surface area contributed by atoms with Crippen LogP contribution in [-0.4, -0.2) is 115 Å². The summed E-state index contributed by atoms with van der Waals surface area (Å²) in [6.45, 7) is 2.54. The third-order valence-electron chi connectivity index (χ3n) is 5.60. The molecule has 1 aromatic rings. The fraction of sp³-hybridized carbons (Fsp3) is 0.522. The van der Waals surface area contributed by atoms with Crippen LogP contribution in [0, 0.1) is 0 Å². The number of carboxylic acids is 1. The van der Waals surface area contributed by atoms with Gasteiger partial charge in [-0.2, -0.15) is 0 Å². The average Bonchev–Trinajstić information content (AvgIpc) is 2.76. The van der Waals surface area contributed by atoms with E-state index in [1.165, 1.54) is 0 Å². The van der Waals surface area contributed by atoms with Gasteiger partial charge in [0.05, 0.1) is 39.3 Å². The molecule has 0 amide bonds. The molecule has 2 saturated heterocycles. The summed E-state index contributed by atoms with van der Waals surface area (Å²) in [5.74, 6) is -2.96. The highest BCUT2D eigenvalue weighted by atomic mass is 16.6. The van der Waals surface area contributed by atoms with Gasteiger partial charge in [0.2, 0.25) is 0 Å². The lowest BCUT2D eigenvalue weighted by atomic mass is 10.0. The molecule has 0 aliphatic carbocycles. The molecule has 1 unspecified atom stereocenters. The van der Waals surface area contributed by atoms with Crippen molar-refractivity contribution in [2.24, 2.45) is 0 Å². The Morgan fingerprint density at radius 2 is 1.51 bits per heavy atom. The topological polar surface area (TPSA) is 143 Å². The van der Waals surface area contributed by atoms with Crippen LogP contribution >= 0.6 is 0 Å². The molecule has 2 aliphatic heterocycles. The van der Waals surface area contributed by atoms with E-state index in [1.54, 1.807) is 14.7 Å². The van der Waals surface area contributed by atoms with Gasteiger partial charge in [0.25, 0.3) is 0 Å². The highest BCUT2D eigenvalue weighted by Crippen LogP contribution is 2.17. The molecule has 0 saturated carbocycles. The smallest absolute Gasteiger partial charge is 0.327 e. The number of cyclic esters (lactones) is 4. The standard InChI is InChI=1S/C23H29N3O9/c1-2-33-18-5-3-16(4-6-18)9-17(10-25-14-22(31)35-23(32)15-25)26(11-19(27)28)8-7-24-12-20(29)34-21(30)13-24/h3-6,17H,2,7-15H2,1H3,(H,27,28). The molecular weight excluding hydrogens is 462 g/mol. The summed E-state index contributed by atoms with van der Waals surface area (Å²) < 4.78 is 14.6. The molecule has 0 spiro atoms. The van der Waals surface area contributed by atoms with Crippen molar-refractivity contribution >= 4 is 29.8 Å². The maximum absolute atomic E-state index is 11.8. The highest BCUT2D eigenvalue weighted by Gasteiger charge is 2.31. The van der Waals surface area contributed by atoms with Crippen LogP contribution in [0.15, 0.2) is 24.3 Å². The fourth-order valence-corrected chi connectivity index (χ4v) is 4.11. The minimum atomic E-state index is -1.05. The number of hydrogen-bond acceptors (Lipinski definition) is 11. The molecule has 1 aromatic carbocycles. The first-order valence-corrected chi connectivity index (χ1v) is 11.3. The van der Waals surface area contributed by atoms with Gasteiger partial charge >= 0.3 is 29.8 Å². The van der Waals surface area contributed by atoms with Crippen molar-refractivity contribution in [3.63, 3.8) is 0 Å². The van der Waals surface area contributed by atoms with Crippen LogP contribution in [0.3, 0.4) is 0 Å². The Hall–Kier alpha value is -3.35. The van der Waals surface area contributed by atoms with Crippen LogP contribution in [0.25, 0.3) is 0 Å². The Morgan fingerprint density at radius 1 is 0.971 bits per heavy atom. The number of carbonyl (C=O) groups excluding carboxylic acids is 4. The number of aliphatic carboxylic acids is 1. The minimum Gasteiger partial charge on any atom is -0.494 e. The van der Waals surface area contributed by atoms with Crippen molar-refractivity contribution in [2.45, 2.75) is 19.4 Å². The van der Waals surface area contributed by atoms with Crippen molar-refractivity contribution in [3.05, 3.63) is 29.8 Å². The maximum atomic E-state index is 11.8. The number of rotatable bonds is 12. The summed E-state index contributed by atoms with van der Waals surface area (Å²) in [7, 11) is 0. The van der Waals surface area contributed by atoms with E-state index in [1.807, 2.05) is 31.2 Å². The normalized spacial score (nSPS) is 18.3. The second kappa shape index (κ2) is 12.4. The van der Waals surface area contributed by atoms with Crippen molar-refractivity contribution in [2.75, 3.05) is 59.0 Å². The van der Waals surface area contributed by atoms with E-state index >= 15 is 0 Å². The summed E-state index contributed by atoms with van der Waals surface area (Å²) in [6.07, 6.45) is 0.431. The number of esters is 4. The number of benzene rings is 1. The predicted molar refractivity (Wildman–Crippen MR) is 119 cm³/mol. The van der Waals surface area contributed by atoms with Gasteiger partial charge in [-0.25, -0.2) is 0 Å². The maximum Gasteiger partial charge on any atom is 0.327 e. The number of hydrogen-bond donors (Lipinski definition) is 1. The van der Waals surface area contributed by atoms with E-state index in [9.17, 15) is 29.1 Å². The molecule has 0 radical (unpaired) electrons. The van der Waals surface area contributed by atoms with Crippen molar-refractivity contribution in [1.29, 1.82) is 0 Å². The Labute approximate surface area is 202 Å². The van der Waals surface area contributed by atoms with Crippen LogP contribution in [-0.2, 0) is 39.9 Å². The second-order valence-electron chi connectivity index (χ2n) is 8.37. The Kier molecular flexibility index (Phi) is 9.29. The molecular formula is C23H29N3O9. The first-order chi connectivity index (χ1) is 16.7. The van der Waals surface area contributed by atoms with E-state index in [-0.39, 0.29) is 52.4 Å². The SMILES string of the molecule is CCOc1ccc(CC(CN2CC(=O)OC(=O)C2)N(CCN2CC(=O)OC(=O)C2)CC(=O)O)cc1. The zero-order chi connectivity index (χ0) is 25.4. The molecule has 3 rings (SSSR count). The lowest BCUT2D eigenvalue weighted by Crippen LogP contribution is -2.54. The van der Waals surface area contributed by atoms with Crippen molar-refractivity contribution in [1.82, 2.24) is 14.7 Å². The first-order valence-electron chi connectivity index (χ1n) is 11.3. The molecule has 12 nitrogen and oxygen atoms in total. The van der Waals surface area contributed by atoms with Gasteiger partial charge in [-0.15, -0.1) is 0 Å². The van der Waals surface area contributed by atoms with Crippen molar-refractivity contribution in [3.8, 4) is 5.75 Å². The van der Waals surface area contributed by atoms with Crippen LogP contribution in [0.4, 0.5) is 0 Å². The molecule has 0 bridgehead atoms. The Bertz CT molecular complexity index is 918. The number of nitrogens with zero attached hydrogens (tertiary/aromatic N) is 3. The van der Waals surface area contributed by atoms with E-state index in [0.29, 0.717) is 18.8 Å². The molecule has 1 N–H and O–H groups in total. The van der Waals surface area contributed by atoms with Crippen LogP contribution < -0.4 is 4.74 Å². The third-order valence-corrected chi connectivity index (χ3v) is 5.60. The summed E-state index contributed by atoms with van der Waals surface area (Å²) in [6, 6.07) is 7.02. The quantitative estimate of drug-likeness (QED) is 0.287. The molecule has 190 valence electrons. The Morgan fingerprint density at radius 3 is 2.03 bits per heavy atom. The van der Waals surface area contributed by atoms with E-state index in [2.05, 4.69) is 9.47 Å². The lowest BCUT2D eigenvalue weighted by Gasteiger charge is -2.36. The van der Waals surface area contributed by atoms with Gasteiger partial charge in [-0.1, -0.05) is 12.1 Å². The average molecular weight is 491 g/mol.